The topological polar surface area (TPSA) is 77.7 Å². The summed E-state index contributed by atoms with van der Waals surface area (Å²) in [5.74, 6) is 0.627. The Morgan fingerprint density at radius 1 is 1.48 bits per heavy atom. The van der Waals surface area contributed by atoms with E-state index in [1.54, 1.807) is 17.3 Å². The highest BCUT2D eigenvalue weighted by Crippen LogP contribution is 2.36. The summed E-state index contributed by atoms with van der Waals surface area (Å²) >= 11 is 0. The highest BCUT2D eigenvalue weighted by molar-refractivity contribution is 5.92. The minimum atomic E-state index is -0.313. The Bertz CT molecular complexity index is 676. The van der Waals surface area contributed by atoms with Gasteiger partial charge < -0.3 is 18.8 Å². The number of nitrogens with zero attached hydrogens (tertiary/aromatic N) is 3. The Morgan fingerprint density at radius 3 is 3.22 bits per heavy atom. The first-order valence-electron chi connectivity index (χ1n) is 7.62. The number of carbonyl (C=O) groups excluding carboxylic acids is 1. The monoisotopic (exact) mass is 315 g/mol. The first kappa shape index (κ1) is 14.2. The van der Waals surface area contributed by atoms with E-state index in [1.165, 1.54) is 12.7 Å². The van der Waals surface area contributed by atoms with Gasteiger partial charge in [0.1, 0.15) is 18.1 Å². The number of amides is 1. The fraction of sp³-hybridized carbons (Fsp3) is 0.438. The average Bonchev–Trinajstić information content (AvgIpc) is 3.31. The maximum Gasteiger partial charge on any atom is 0.275 e. The van der Waals surface area contributed by atoms with Gasteiger partial charge in [-0.15, -0.1) is 0 Å². The Kier molecular flexibility index (Phi) is 3.49. The van der Waals surface area contributed by atoms with Crippen molar-refractivity contribution in [1.29, 1.82) is 0 Å². The van der Waals surface area contributed by atoms with Gasteiger partial charge in [0.15, 0.2) is 12.1 Å². The van der Waals surface area contributed by atoms with Crippen molar-refractivity contribution in [3.63, 3.8) is 0 Å². The molecule has 0 unspecified atom stereocenters. The molecule has 0 bridgehead atoms. The Morgan fingerprint density at radius 2 is 2.43 bits per heavy atom. The van der Waals surface area contributed by atoms with E-state index in [4.69, 9.17) is 13.9 Å². The molecule has 0 aliphatic carbocycles. The number of hydrogen-bond donors (Lipinski definition) is 0. The molecule has 1 spiro atoms. The highest BCUT2D eigenvalue weighted by Gasteiger charge is 2.47. The van der Waals surface area contributed by atoms with Gasteiger partial charge in [-0.2, -0.15) is 0 Å². The van der Waals surface area contributed by atoms with E-state index in [0.29, 0.717) is 25.4 Å². The van der Waals surface area contributed by atoms with Crippen LogP contribution in [0.2, 0.25) is 0 Å². The lowest BCUT2D eigenvalue weighted by Crippen LogP contribution is -2.36. The second-order valence-electron chi connectivity index (χ2n) is 5.98. The zero-order valence-electron chi connectivity index (χ0n) is 12.6. The molecule has 2 fully saturated rings. The van der Waals surface area contributed by atoms with Gasteiger partial charge in [-0.25, -0.2) is 4.98 Å². The molecule has 2 aliphatic rings. The zero-order chi connectivity index (χ0) is 15.7. The van der Waals surface area contributed by atoms with Crippen LogP contribution in [0.3, 0.4) is 0 Å². The van der Waals surface area contributed by atoms with Crippen LogP contribution in [0.1, 0.15) is 23.3 Å². The smallest absolute Gasteiger partial charge is 0.275 e. The van der Waals surface area contributed by atoms with Gasteiger partial charge in [-0.1, -0.05) is 0 Å². The molecule has 120 valence electrons. The van der Waals surface area contributed by atoms with Gasteiger partial charge in [-0.3, -0.25) is 9.78 Å². The van der Waals surface area contributed by atoms with Gasteiger partial charge in [0.05, 0.1) is 24.9 Å². The van der Waals surface area contributed by atoms with Crippen molar-refractivity contribution >= 4 is 5.91 Å². The molecule has 2 aliphatic heterocycles. The number of ether oxygens (including phenoxy) is 2. The average molecular weight is 315 g/mol. The fourth-order valence-corrected chi connectivity index (χ4v) is 3.27. The summed E-state index contributed by atoms with van der Waals surface area (Å²) in [5.41, 5.74) is 0.0231. The molecule has 2 saturated heterocycles. The van der Waals surface area contributed by atoms with E-state index >= 15 is 0 Å². The van der Waals surface area contributed by atoms with Crippen LogP contribution in [0, 0.1) is 0 Å². The predicted octanol–water partition coefficient (Wildman–Crippen LogP) is 1.52. The standard InChI is InChI=1S/C16H17N3O4/c20-15(14-9-21-11-18-14)19-5-3-16(10-19)6-13(8-22-16)23-12-2-1-4-17-7-12/h1-2,4,7,9,11,13H,3,5-6,8,10H2/t13-,16-/m0/s1. The molecule has 4 heterocycles. The van der Waals surface area contributed by atoms with Gasteiger partial charge in [-0.05, 0) is 18.6 Å². The summed E-state index contributed by atoms with van der Waals surface area (Å²) < 4.78 is 16.8. The molecule has 1 amide bonds. The zero-order valence-corrected chi connectivity index (χ0v) is 12.6. The third-order valence-electron chi connectivity index (χ3n) is 4.37. The van der Waals surface area contributed by atoms with Crippen molar-refractivity contribution in [3.8, 4) is 5.75 Å². The third kappa shape index (κ3) is 2.79. The molecular weight excluding hydrogens is 298 g/mol. The van der Waals surface area contributed by atoms with Gasteiger partial charge in [0.2, 0.25) is 0 Å². The van der Waals surface area contributed by atoms with Crippen molar-refractivity contribution in [2.75, 3.05) is 19.7 Å². The molecule has 0 aromatic carbocycles. The van der Waals surface area contributed by atoms with Crippen LogP contribution in [-0.4, -0.2) is 52.2 Å². The van der Waals surface area contributed by atoms with Crippen molar-refractivity contribution in [2.24, 2.45) is 0 Å². The second-order valence-corrected chi connectivity index (χ2v) is 5.98. The molecule has 4 rings (SSSR count). The van der Waals surface area contributed by atoms with E-state index in [1.807, 2.05) is 12.1 Å². The second kappa shape index (κ2) is 5.66. The largest absolute Gasteiger partial charge is 0.486 e. The minimum Gasteiger partial charge on any atom is -0.486 e. The maximum atomic E-state index is 12.3. The Balaban J connectivity index is 1.38. The SMILES string of the molecule is O=C(c1cocn1)N1CC[C@]2(C[C@H](Oc3cccnc3)CO2)C1. The Labute approximate surface area is 133 Å². The van der Waals surface area contributed by atoms with E-state index in [9.17, 15) is 4.79 Å². The first-order valence-corrected chi connectivity index (χ1v) is 7.62. The summed E-state index contributed by atoms with van der Waals surface area (Å²) in [7, 11) is 0. The van der Waals surface area contributed by atoms with Gasteiger partial charge >= 0.3 is 0 Å². The van der Waals surface area contributed by atoms with Crippen LogP contribution < -0.4 is 4.74 Å². The van der Waals surface area contributed by atoms with E-state index in [0.717, 1.165) is 18.6 Å². The van der Waals surface area contributed by atoms with Crippen LogP contribution in [0.5, 0.6) is 5.75 Å². The maximum absolute atomic E-state index is 12.3. The molecule has 0 saturated carbocycles. The summed E-state index contributed by atoms with van der Waals surface area (Å²) in [5, 5.41) is 0. The molecule has 2 aromatic heterocycles. The van der Waals surface area contributed by atoms with E-state index < -0.39 is 0 Å². The molecule has 7 heteroatoms. The van der Waals surface area contributed by atoms with Gasteiger partial charge in [0.25, 0.3) is 5.91 Å². The lowest BCUT2D eigenvalue weighted by Gasteiger charge is -2.22. The van der Waals surface area contributed by atoms with Crippen LogP contribution in [0.15, 0.2) is 41.6 Å². The summed E-state index contributed by atoms with van der Waals surface area (Å²) in [6.45, 7) is 1.75. The predicted molar refractivity (Wildman–Crippen MR) is 79.0 cm³/mol. The Hall–Kier alpha value is -2.41. The van der Waals surface area contributed by atoms with Crippen LogP contribution in [0.25, 0.3) is 0 Å². The quantitative estimate of drug-likeness (QED) is 0.854. The minimum absolute atomic E-state index is 0.0127. The molecular formula is C16H17N3O4. The summed E-state index contributed by atoms with van der Waals surface area (Å²) in [6.07, 6.45) is 7.61. The number of pyridine rings is 1. The highest BCUT2D eigenvalue weighted by atomic mass is 16.6. The molecule has 2 aromatic rings. The third-order valence-corrected chi connectivity index (χ3v) is 4.37. The van der Waals surface area contributed by atoms with E-state index in [-0.39, 0.29) is 17.6 Å². The molecule has 2 atom stereocenters. The summed E-state index contributed by atoms with van der Waals surface area (Å²) in [6, 6.07) is 3.72. The van der Waals surface area contributed by atoms with Crippen molar-refractivity contribution in [1.82, 2.24) is 14.9 Å². The van der Waals surface area contributed by atoms with Crippen molar-refractivity contribution in [2.45, 2.75) is 24.5 Å². The van der Waals surface area contributed by atoms with Crippen molar-refractivity contribution < 1.29 is 18.7 Å². The molecule has 0 N–H and O–H groups in total. The number of rotatable bonds is 3. The van der Waals surface area contributed by atoms with Gasteiger partial charge in [0, 0.05) is 19.2 Å². The normalized spacial score (nSPS) is 26.8. The molecule has 23 heavy (non-hydrogen) atoms. The lowest BCUT2D eigenvalue weighted by molar-refractivity contribution is 0.00989. The van der Waals surface area contributed by atoms with E-state index in [2.05, 4.69) is 9.97 Å². The van der Waals surface area contributed by atoms with Crippen LogP contribution >= 0.6 is 0 Å². The molecule has 7 nitrogen and oxygen atoms in total. The number of likely N-dealkylation sites (tertiary alicyclic amines) is 1. The van der Waals surface area contributed by atoms with Crippen LogP contribution in [-0.2, 0) is 4.74 Å². The molecule has 0 radical (unpaired) electrons. The first-order chi connectivity index (χ1) is 11.2. The number of oxazole rings is 1. The van der Waals surface area contributed by atoms with Crippen molar-refractivity contribution in [3.05, 3.63) is 42.9 Å². The number of carbonyl (C=O) groups is 1. The lowest BCUT2D eigenvalue weighted by atomic mass is 9.98. The summed E-state index contributed by atoms with van der Waals surface area (Å²) in [4.78, 5) is 22.1. The van der Waals surface area contributed by atoms with Crippen LogP contribution in [0.4, 0.5) is 0 Å². The fourth-order valence-electron chi connectivity index (χ4n) is 3.27. The number of hydrogen-bond acceptors (Lipinski definition) is 6. The number of aromatic nitrogens is 2.